The molecule has 0 radical (unpaired) electrons. The van der Waals surface area contributed by atoms with Crippen LogP contribution in [0.25, 0.3) is 10.9 Å². The van der Waals surface area contributed by atoms with Gasteiger partial charge in [-0.05, 0) is 37.6 Å². The third-order valence-corrected chi connectivity index (χ3v) is 4.86. The van der Waals surface area contributed by atoms with Crippen LogP contribution in [0, 0.1) is 0 Å². The smallest absolute Gasteiger partial charge is 0.305 e. The standard InChI is InChI=1S/C17H18N4O3S/c1-10(2)21-6-5-12-7-11(3-4-13(12)21)9-18-20-17-19-16(24)14(25-17)8-15(22)23/h3-7,9-10,14H,8H2,1-2H3,(H,22,23)(H,19,20,24). The average Bonchev–Trinajstić information content (AvgIpc) is 3.10. The van der Waals surface area contributed by atoms with Gasteiger partial charge in [0.25, 0.3) is 0 Å². The number of carboxylic acid groups (broad SMARTS) is 1. The number of nitrogens with zero attached hydrogens (tertiary/aromatic N) is 3. The van der Waals surface area contributed by atoms with Gasteiger partial charge in [0.2, 0.25) is 5.91 Å². The SMILES string of the molecule is CC(C)n1ccc2cc(C=NN=C3NC(=O)C(CC(=O)O)S3)ccc21. The molecule has 1 aliphatic rings. The number of hydrogen-bond donors (Lipinski definition) is 2. The molecule has 1 atom stereocenters. The molecule has 2 heterocycles. The molecule has 1 aliphatic heterocycles. The van der Waals surface area contributed by atoms with Gasteiger partial charge < -0.3 is 15.0 Å². The number of nitrogens with one attached hydrogen (secondary N) is 1. The number of carbonyl (C=O) groups is 2. The molecule has 7 nitrogen and oxygen atoms in total. The van der Waals surface area contributed by atoms with E-state index in [1.165, 1.54) is 0 Å². The van der Waals surface area contributed by atoms with E-state index >= 15 is 0 Å². The molecule has 0 saturated carbocycles. The van der Waals surface area contributed by atoms with Gasteiger partial charge in [-0.15, -0.1) is 5.10 Å². The summed E-state index contributed by atoms with van der Waals surface area (Å²) in [7, 11) is 0. The number of fused-ring (bicyclic) bond motifs is 1. The molecule has 8 heteroatoms. The summed E-state index contributed by atoms with van der Waals surface area (Å²) in [6.45, 7) is 4.27. The highest BCUT2D eigenvalue weighted by atomic mass is 32.2. The first-order valence-electron chi connectivity index (χ1n) is 7.85. The van der Waals surface area contributed by atoms with E-state index in [4.69, 9.17) is 5.11 Å². The van der Waals surface area contributed by atoms with Crippen molar-refractivity contribution in [2.24, 2.45) is 10.2 Å². The second-order valence-corrected chi connectivity index (χ2v) is 7.17. The first-order valence-corrected chi connectivity index (χ1v) is 8.73. The number of carboxylic acids is 1. The van der Waals surface area contributed by atoms with E-state index in [0.29, 0.717) is 11.2 Å². The fraction of sp³-hybridized carbons (Fsp3) is 0.294. The van der Waals surface area contributed by atoms with Crippen LogP contribution < -0.4 is 5.32 Å². The highest BCUT2D eigenvalue weighted by molar-refractivity contribution is 8.15. The van der Waals surface area contributed by atoms with Crippen LogP contribution in [-0.2, 0) is 9.59 Å². The van der Waals surface area contributed by atoms with E-state index in [-0.39, 0.29) is 12.3 Å². The number of aliphatic carboxylic acids is 1. The van der Waals surface area contributed by atoms with Gasteiger partial charge >= 0.3 is 5.97 Å². The Kier molecular flexibility index (Phi) is 4.89. The lowest BCUT2D eigenvalue weighted by atomic mass is 10.2. The molecule has 1 fully saturated rings. The van der Waals surface area contributed by atoms with Crippen molar-refractivity contribution in [2.75, 3.05) is 0 Å². The highest BCUT2D eigenvalue weighted by Gasteiger charge is 2.32. The first kappa shape index (κ1) is 17.2. The molecule has 3 rings (SSSR count). The lowest BCUT2D eigenvalue weighted by Gasteiger charge is -2.08. The Morgan fingerprint density at radius 1 is 1.44 bits per heavy atom. The van der Waals surface area contributed by atoms with Crippen LogP contribution in [0.2, 0.25) is 0 Å². The van der Waals surface area contributed by atoms with Crippen LogP contribution >= 0.6 is 11.8 Å². The Balaban J connectivity index is 1.71. The number of amides is 1. The number of rotatable bonds is 5. The number of carbonyl (C=O) groups excluding carboxylic acids is 1. The van der Waals surface area contributed by atoms with Gasteiger partial charge in [0.05, 0.1) is 12.6 Å². The summed E-state index contributed by atoms with van der Waals surface area (Å²) in [4.78, 5) is 22.3. The third kappa shape index (κ3) is 3.90. The summed E-state index contributed by atoms with van der Waals surface area (Å²) in [6.07, 6.45) is 3.43. The molecule has 1 amide bonds. The van der Waals surface area contributed by atoms with E-state index < -0.39 is 11.2 Å². The minimum Gasteiger partial charge on any atom is -0.481 e. The van der Waals surface area contributed by atoms with Crippen LogP contribution in [0.5, 0.6) is 0 Å². The number of aromatic nitrogens is 1. The van der Waals surface area contributed by atoms with Gasteiger partial charge in [-0.1, -0.05) is 17.8 Å². The molecule has 1 aromatic heterocycles. The molecule has 0 aliphatic carbocycles. The van der Waals surface area contributed by atoms with Crippen molar-refractivity contribution < 1.29 is 14.7 Å². The van der Waals surface area contributed by atoms with Crippen LogP contribution in [0.1, 0.15) is 31.9 Å². The van der Waals surface area contributed by atoms with E-state index in [0.717, 1.165) is 28.2 Å². The molecule has 1 unspecified atom stereocenters. The van der Waals surface area contributed by atoms with Gasteiger partial charge in [0.1, 0.15) is 5.25 Å². The minimum atomic E-state index is -1.01. The fourth-order valence-electron chi connectivity index (χ4n) is 2.61. The summed E-state index contributed by atoms with van der Waals surface area (Å²) in [5, 5.41) is 20.0. The molecule has 0 bridgehead atoms. The van der Waals surface area contributed by atoms with Crippen LogP contribution in [-0.4, -0.2) is 38.2 Å². The highest BCUT2D eigenvalue weighted by Crippen LogP contribution is 2.23. The van der Waals surface area contributed by atoms with E-state index in [1.54, 1.807) is 6.21 Å². The maximum Gasteiger partial charge on any atom is 0.305 e. The van der Waals surface area contributed by atoms with Crippen molar-refractivity contribution >= 4 is 45.9 Å². The monoisotopic (exact) mass is 358 g/mol. The lowest BCUT2D eigenvalue weighted by Crippen LogP contribution is -2.26. The van der Waals surface area contributed by atoms with Crippen LogP contribution in [0.3, 0.4) is 0 Å². The van der Waals surface area contributed by atoms with Crippen molar-refractivity contribution in [1.82, 2.24) is 9.88 Å². The zero-order valence-corrected chi connectivity index (χ0v) is 14.7. The molecule has 1 aromatic carbocycles. The van der Waals surface area contributed by atoms with E-state index in [2.05, 4.69) is 46.2 Å². The predicted molar refractivity (Wildman–Crippen MR) is 99.1 cm³/mol. The number of amidine groups is 1. The molecule has 130 valence electrons. The van der Waals surface area contributed by atoms with Gasteiger partial charge in [0.15, 0.2) is 5.17 Å². The molecule has 2 N–H and O–H groups in total. The van der Waals surface area contributed by atoms with Crippen molar-refractivity contribution in [3.63, 3.8) is 0 Å². The Bertz CT molecular complexity index is 885. The predicted octanol–water partition coefficient (Wildman–Crippen LogP) is 2.62. The Morgan fingerprint density at radius 3 is 2.96 bits per heavy atom. The van der Waals surface area contributed by atoms with E-state index in [1.807, 2.05) is 18.2 Å². The molecule has 0 spiro atoms. The second-order valence-electron chi connectivity index (χ2n) is 5.98. The van der Waals surface area contributed by atoms with Gasteiger partial charge in [-0.3, -0.25) is 9.59 Å². The van der Waals surface area contributed by atoms with Gasteiger partial charge in [-0.25, -0.2) is 0 Å². The zero-order chi connectivity index (χ0) is 18.0. The summed E-state index contributed by atoms with van der Waals surface area (Å²) in [5.41, 5.74) is 2.06. The third-order valence-electron chi connectivity index (χ3n) is 3.79. The summed E-state index contributed by atoms with van der Waals surface area (Å²) < 4.78 is 2.20. The van der Waals surface area contributed by atoms with Crippen LogP contribution in [0.4, 0.5) is 0 Å². The molecule has 1 saturated heterocycles. The Morgan fingerprint density at radius 2 is 2.24 bits per heavy atom. The van der Waals surface area contributed by atoms with Gasteiger partial charge in [-0.2, -0.15) is 5.10 Å². The number of thioether (sulfide) groups is 1. The fourth-order valence-corrected chi connectivity index (χ4v) is 3.52. The lowest BCUT2D eigenvalue weighted by molar-refractivity contribution is -0.138. The second kappa shape index (κ2) is 7.10. The average molecular weight is 358 g/mol. The largest absolute Gasteiger partial charge is 0.481 e. The molecular weight excluding hydrogens is 340 g/mol. The molecular formula is C17H18N4O3S. The normalized spacial score (nSPS) is 19.4. The summed E-state index contributed by atoms with van der Waals surface area (Å²) >= 11 is 1.08. The topological polar surface area (TPSA) is 96.0 Å². The maximum atomic E-state index is 11.6. The quantitative estimate of drug-likeness (QED) is 0.634. The maximum absolute atomic E-state index is 11.6. The molecule has 25 heavy (non-hydrogen) atoms. The van der Waals surface area contributed by atoms with Crippen LogP contribution in [0.15, 0.2) is 40.7 Å². The first-order chi connectivity index (χ1) is 11.9. The Hall–Kier alpha value is -2.61. The van der Waals surface area contributed by atoms with Crippen molar-refractivity contribution in [3.8, 4) is 0 Å². The number of hydrogen-bond acceptors (Lipinski definition) is 5. The Labute approximate surface area is 148 Å². The van der Waals surface area contributed by atoms with E-state index in [9.17, 15) is 9.59 Å². The zero-order valence-electron chi connectivity index (χ0n) is 13.8. The summed E-state index contributed by atoms with van der Waals surface area (Å²) in [5.74, 6) is -1.36. The van der Waals surface area contributed by atoms with Crippen molar-refractivity contribution in [1.29, 1.82) is 0 Å². The molecule has 2 aromatic rings. The summed E-state index contributed by atoms with van der Waals surface area (Å²) in [6, 6.07) is 8.47. The van der Waals surface area contributed by atoms with Gasteiger partial charge in [0, 0.05) is 23.1 Å². The van der Waals surface area contributed by atoms with Crippen molar-refractivity contribution in [3.05, 3.63) is 36.0 Å². The minimum absolute atomic E-state index is 0.233. The number of benzene rings is 1. The van der Waals surface area contributed by atoms with Crippen molar-refractivity contribution in [2.45, 2.75) is 31.6 Å².